The van der Waals surface area contributed by atoms with Crippen molar-refractivity contribution >= 4 is 11.8 Å². The molecule has 0 aromatic carbocycles. The maximum Gasteiger partial charge on any atom is 0.234 e. The van der Waals surface area contributed by atoms with E-state index in [1.165, 1.54) is 0 Å². The molecule has 2 amide bonds. The van der Waals surface area contributed by atoms with Gasteiger partial charge in [0.05, 0.1) is 6.54 Å². The van der Waals surface area contributed by atoms with E-state index in [1.54, 1.807) is 0 Å². The summed E-state index contributed by atoms with van der Waals surface area (Å²) in [7, 11) is 0. The molecule has 3 N–H and O–H groups in total. The summed E-state index contributed by atoms with van der Waals surface area (Å²) < 4.78 is 0. The van der Waals surface area contributed by atoms with Crippen LogP contribution in [0.25, 0.3) is 0 Å². The van der Waals surface area contributed by atoms with Gasteiger partial charge in [-0.3, -0.25) is 9.59 Å². The Morgan fingerprint density at radius 3 is 2.28 bits per heavy atom. The highest BCUT2D eigenvalue weighted by Crippen LogP contribution is 1.93. The van der Waals surface area contributed by atoms with Crippen molar-refractivity contribution in [2.45, 2.75) is 59.0 Å². The molecule has 106 valence electrons. The molecule has 0 aliphatic rings. The molecule has 0 spiro atoms. The first-order valence-electron chi connectivity index (χ1n) is 6.75. The average molecular weight is 257 g/mol. The van der Waals surface area contributed by atoms with Crippen molar-refractivity contribution in [2.75, 3.05) is 13.1 Å². The molecule has 5 nitrogen and oxygen atoms in total. The van der Waals surface area contributed by atoms with Crippen LogP contribution < -0.4 is 16.0 Å². The van der Waals surface area contributed by atoms with Crippen molar-refractivity contribution in [2.24, 2.45) is 0 Å². The van der Waals surface area contributed by atoms with Gasteiger partial charge in [-0.15, -0.1) is 0 Å². The van der Waals surface area contributed by atoms with E-state index >= 15 is 0 Å². The second-order valence-corrected chi connectivity index (χ2v) is 4.91. The van der Waals surface area contributed by atoms with Gasteiger partial charge in [0.25, 0.3) is 0 Å². The van der Waals surface area contributed by atoms with Gasteiger partial charge in [-0.25, -0.2) is 0 Å². The van der Waals surface area contributed by atoms with E-state index in [1.807, 2.05) is 20.8 Å². The predicted molar refractivity (Wildman–Crippen MR) is 73.3 cm³/mol. The van der Waals surface area contributed by atoms with E-state index in [-0.39, 0.29) is 30.4 Å². The van der Waals surface area contributed by atoms with Gasteiger partial charge in [-0.1, -0.05) is 13.3 Å². The number of carbonyl (C=O) groups is 2. The summed E-state index contributed by atoms with van der Waals surface area (Å²) in [5.41, 5.74) is 0. The smallest absolute Gasteiger partial charge is 0.234 e. The summed E-state index contributed by atoms with van der Waals surface area (Å²) >= 11 is 0. The molecule has 0 aromatic heterocycles. The fourth-order valence-electron chi connectivity index (χ4n) is 1.63. The lowest BCUT2D eigenvalue weighted by Gasteiger charge is -2.13. The number of carbonyl (C=O) groups excluding carboxylic acids is 2. The van der Waals surface area contributed by atoms with Gasteiger partial charge in [-0.05, 0) is 27.2 Å². The van der Waals surface area contributed by atoms with Crippen LogP contribution >= 0.6 is 0 Å². The molecule has 0 fully saturated rings. The Morgan fingerprint density at radius 2 is 1.72 bits per heavy atom. The van der Waals surface area contributed by atoms with Crippen molar-refractivity contribution in [3.05, 3.63) is 0 Å². The Hall–Kier alpha value is -1.10. The quantitative estimate of drug-likeness (QED) is 0.535. The first kappa shape index (κ1) is 16.9. The molecule has 0 aliphatic carbocycles. The molecule has 0 saturated carbocycles. The van der Waals surface area contributed by atoms with Crippen LogP contribution in [0.2, 0.25) is 0 Å². The monoisotopic (exact) mass is 257 g/mol. The summed E-state index contributed by atoms with van der Waals surface area (Å²) in [5, 5.41) is 8.66. The fraction of sp³-hybridized carbons (Fsp3) is 0.846. The Bertz CT molecular complexity index is 255. The molecular weight excluding hydrogens is 230 g/mol. The second kappa shape index (κ2) is 9.88. The van der Waals surface area contributed by atoms with E-state index in [0.717, 1.165) is 12.8 Å². The van der Waals surface area contributed by atoms with Gasteiger partial charge in [0.15, 0.2) is 0 Å². The van der Waals surface area contributed by atoms with Crippen LogP contribution in [-0.4, -0.2) is 37.0 Å². The van der Waals surface area contributed by atoms with Crippen LogP contribution in [0.5, 0.6) is 0 Å². The van der Waals surface area contributed by atoms with Gasteiger partial charge >= 0.3 is 0 Å². The molecule has 5 heteroatoms. The molecule has 18 heavy (non-hydrogen) atoms. The molecule has 0 aliphatic heterocycles. The molecule has 0 rings (SSSR count). The third kappa shape index (κ3) is 10.1. The minimum atomic E-state index is -0.0137. The molecule has 0 saturated heterocycles. The highest BCUT2D eigenvalue weighted by molar-refractivity contribution is 5.78. The van der Waals surface area contributed by atoms with Gasteiger partial charge < -0.3 is 16.0 Å². The van der Waals surface area contributed by atoms with Crippen LogP contribution in [0.15, 0.2) is 0 Å². The molecular formula is C13H27N3O2. The van der Waals surface area contributed by atoms with Gasteiger partial charge in [0.1, 0.15) is 0 Å². The van der Waals surface area contributed by atoms with Crippen molar-refractivity contribution in [1.29, 1.82) is 0 Å². The first-order chi connectivity index (χ1) is 8.45. The van der Waals surface area contributed by atoms with E-state index < -0.39 is 0 Å². The van der Waals surface area contributed by atoms with Crippen LogP contribution in [0.4, 0.5) is 0 Å². The topological polar surface area (TPSA) is 70.2 Å². The maximum atomic E-state index is 11.5. The normalized spacial score (nSPS) is 12.3. The third-order valence-corrected chi connectivity index (χ3v) is 2.39. The number of hydrogen-bond acceptors (Lipinski definition) is 3. The Balaban J connectivity index is 3.54. The van der Waals surface area contributed by atoms with Crippen LogP contribution in [0.3, 0.4) is 0 Å². The molecule has 0 aromatic rings. The molecule has 0 bridgehead atoms. The van der Waals surface area contributed by atoms with E-state index in [4.69, 9.17) is 0 Å². The summed E-state index contributed by atoms with van der Waals surface area (Å²) in [5.74, 6) is -0.00234. The minimum absolute atomic E-state index is 0.0114. The Labute approximate surface area is 110 Å². The summed E-state index contributed by atoms with van der Waals surface area (Å²) in [6.07, 6.45) is 2.45. The standard InChI is InChI=1S/C13H27N3O2/c1-5-6-11(4)16-13(18)9-14-8-7-12(17)15-10(2)3/h10-11,14H,5-9H2,1-4H3,(H,15,17)(H,16,18). The Morgan fingerprint density at radius 1 is 1.06 bits per heavy atom. The highest BCUT2D eigenvalue weighted by Gasteiger charge is 2.06. The van der Waals surface area contributed by atoms with Crippen LogP contribution in [0, 0.1) is 0 Å². The van der Waals surface area contributed by atoms with Gasteiger partial charge in [0, 0.05) is 25.0 Å². The molecule has 1 unspecified atom stereocenters. The van der Waals surface area contributed by atoms with Crippen LogP contribution in [-0.2, 0) is 9.59 Å². The largest absolute Gasteiger partial charge is 0.354 e. The van der Waals surface area contributed by atoms with E-state index in [2.05, 4.69) is 22.9 Å². The zero-order valence-electron chi connectivity index (χ0n) is 12.0. The number of hydrogen-bond donors (Lipinski definition) is 3. The fourth-order valence-corrected chi connectivity index (χ4v) is 1.63. The summed E-state index contributed by atoms with van der Waals surface area (Å²) in [6.45, 7) is 8.73. The Kier molecular flexibility index (Phi) is 9.28. The van der Waals surface area contributed by atoms with Crippen LogP contribution in [0.1, 0.15) is 47.0 Å². The number of rotatable bonds is 9. The zero-order valence-corrected chi connectivity index (χ0v) is 12.0. The predicted octanol–water partition coefficient (Wildman–Crippen LogP) is 0.796. The number of amides is 2. The third-order valence-electron chi connectivity index (χ3n) is 2.39. The lowest BCUT2D eigenvalue weighted by molar-refractivity contribution is -0.123. The zero-order chi connectivity index (χ0) is 14.0. The lowest BCUT2D eigenvalue weighted by Crippen LogP contribution is -2.40. The first-order valence-corrected chi connectivity index (χ1v) is 6.75. The molecule has 0 heterocycles. The molecule has 0 radical (unpaired) electrons. The average Bonchev–Trinajstić information content (AvgIpc) is 2.23. The van der Waals surface area contributed by atoms with Gasteiger partial charge in [-0.2, -0.15) is 0 Å². The van der Waals surface area contributed by atoms with E-state index in [0.29, 0.717) is 13.0 Å². The lowest BCUT2D eigenvalue weighted by atomic mass is 10.2. The SMILES string of the molecule is CCCC(C)NC(=O)CNCCC(=O)NC(C)C. The van der Waals surface area contributed by atoms with Crippen molar-refractivity contribution in [3.8, 4) is 0 Å². The molecule has 1 atom stereocenters. The van der Waals surface area contributed by atoms with E-state index in [9.17, 15) is 9.59 Å². The highest BCUT2D eigenvalue weighted by atomic mass is 16.2. The van der Waals surface area contributed by atoms with Gasteiger partial charge in [0.2, 0.25) is 11.8 Å². The second-order valence-electron chi connectivity index (χ2n) is 4.91. The maximum absolute atomic E-state index is 11.5. The summed E-state index contributed by atoms with van der Waals surface area (Å²) in [6, 6.07) is 0.379. The minimum Gasteiger partial charge on any atom is -0.354 e. The number of nitrogens with one attached hydrogen (secondary N) is 3. The van der Waals surface area contributed by atoms with Crippen molar-refractivity contribution in [3.63, 3.8) is 0 Å². The summed E-state index contributed by atoms with van der Waals surface area (Å²) in [4.78, 5) is 22.8. The van der Waals surface area contributed by atoms with Crippen molar-refractivity contribution < 1.29 is 9.59 Å². The van der Waals surface area contributed by atoms with Crippen molar-refractivity contribution in [1.82, 2.24) is 16.0 Å².